The van der Waals surface area contributed by atoms with Gasteiger partial charge in [-0.05, 0) is 55.5 Å². The van der Waals surface area contributed by atoms with Crippen molar-refractivity contribution in [3.05, 3.63) is 64.1 Å². The average Bonchev–Trinajstić information content (AvgIpc) is 3.03. The molecule has 2 aromatic heterocycles. The van der Waals surface area contributed by atoms with E-state index in [0.717, 1.165) is 11.1 Å². The smallest absolute Gasteiger partial charge is 0.223 e. The molecule has 2 heterocycles. The van der Waals surface area contributed by atoms with E-state index < -0.39 is 0 Å². The van der Waals surface area contributed by atoms with Gasteiger partial charge in [-0.2, -0.15) is 5.26 Å². The summed E-state index contributed by atoms with van der Waals surface area (Å²) >= 11 is 1.73. The van der Waals surface area contributed by atoms with Crippen molar-refractivity contribution < 1.29 is 0 Å². The zero-order valence-corrected chi connectivity index (χ0v) is 14.7. The first-order valence-electron chi connectivity index (χ1n) is 7.64. The first kappa shape index (κ1) is 16.2. The molecule has 0 spiro atoms. The van der Waals surface area contributed by atoms with Crippen LogP contribution in [-0.2, 0) is 5.54 Å². The van der Waals surface area contributed by atoms with E-state index in [1.54, 1.807) is 29.8 Å². The molecular formula is C19H18N4S. The number of nitrogens with zero attached hydrogens (tertiary/aromatic N) is 3. The van der Waals surface area contributed by atoms with E-state index in [1.807, 2.05) is 18.2 Å². The molecule has 24 heavy (non-hydrogen) atoms. The van der Waals surface area contributed by atoms with Crippen molar-refractivity contribution in [1.82, 2.24) is 9.97 Å². The first-order chi connectivity index (χ1) is 11.5. The standard InChI is InChI=1S/C19H18N4S/c1-13-7-17(24-12-13)19(2,3)23-18-21-10-16(11-22-18)15-6-4-5-14(8-15)9-20/h4-8,10-12H,1-3H3,(H,21,22,23). The van der Waals surface area contributed by atoms with Crippen molar-refractivity contribution >= 4 is 17.3 Å². The van der Waals surface area contributed by atoms with E-state index in [4.69, 9.17) is 5.26 Å². The molecule has 4 nitrogen and oxygen atoms in total. The molecule has 1 N–H and O–H groups in total. The minimum absolute atomic E-state index is 0.235. The maximum Gasteiger partial charge on any atom is 0.223 e. The SMILES string of the molecule is Cc1csc(C(C)(C)Nc2ncc(-c3cccc(C#N)c3)cn2)c1. The Labute approximate surface area is 145 Å². The second-order valence-electron chi connectivity index (χ2n) is 6.23. The van der Waals surface area contributed by atoms with Crippen LogP contribution in [0, 0.1) is 18.3 Å². The number of aryl methyl sites for hydroxylation is 1. The minimum atomic E-state index is -0.235. The van der Waals surface area contributed by atoms with Crippen molar-refractivity contribution in [2.24, 2.45) is 0 Å². The van der Waals surface area contributed by atoms with E-state index in [1.165, 1.54) is 10.4 Å². The summed E-state index contributed by atoms with van der Waals surface area (Å²) in [6.45, 7) is 6.33. The van der Waals surface area contributed by atoms with Crippen LogP contribution in [-0.4, -0.2) is 9.97 Å². The summed E-state index contributed by atoms with van der Waals surface area (Å²) in [4.78, 5) is 10.1. The summed E-state index contributed by atoms with van der Waals surface area (Å²) in [5.74, 6) is 0.589. The molecule has 0 fully saturated rings. The van der Waals surface area contributed by atoms with Gasteiger partial charge in [0, 0.05) is 22.8 Å². The van der Waals surface area contributed by atoms with Crippen LogP contribution in [0.1, 0.15) is 29.9 Å². The molecular weight excluding hydrogens is 316 g/mol. The van der Waals surface area contributed by atoms with Crippen molar-refractivity contribution in [1.29, 1.82) is 5.26 Å². The molecule has 120 valence electrons. The Kier molecular flexibility index (Phi) is 4.32. The maximum absolute atomic E-state index is 9.00. The third kappa shape index (κ3) is 3.44. The van der Waals surface area contributed by atoms with Gasteiger partial charge >= 0.3 is 0 Å². The highest BCUT2D eigenvalue weighted by molar-refractivity contribution is 7.10. The van der Waals surface area contributed by atoms with Gasteiger partial charge in [0.1, 0.15) is 0 Å². The fourth-order valence-corrected chi connectivity index (χ4v) is 3.39. The molecule has 0 amide bonds. The van der Waals surface area contributed by atoms with Crippen molar-refractivity contribution in [2.45, 2.75) is 26.3 Å². The summed E-state index contributed by atoms with van der Waals surface area (Å²) in [5, 5.41) is 14.5. The normalized spacial score (nSPS) is 11.1. The number of nitriles is 1. The fourth-order valence-electron chi connectivity index (χ4n) is 2.41. The van der Waals surface area contributed by atoms with E-state index >= 15 is 0 Å². The van der Waals surface area contributed by atoms with E-state index in [0.29, 0.717) is 11.5 Å². The molecule has 0 atom stereocenters. The largest absolute Gasteiger partial charge is 0.344 e. The molecule has 3 rings (SSSR count). The fraction of sp³-hybridized carbons (Fsp3) is 0.211. The number of anilines is 1. The van der Waals surface area contributed by atoms with Crippen LogP contribution in [0.3, 0.4) is 0 Å². The third-order valence-electron chi connectivity index (χ3n) is 3.75. The highest BCUT2D eigenvalue weighted by Gasteiger charge is 2.23. The number of hydrogen-bond donors (Lipinski definition) is 1. The molecule has 5 heteroatoms. The number of thiophene rings is 1. The number of rotatable bonds is 4. The van der Waals surface area contributed by atoms with Crippen LogP contribution in [0.5, 0.6) is 0 Å². The van der Waals surface area contributed by atoms with Crippen LogP contribution in [0.25, 0.3) is 11.1 Å². The Balaban J connectivity index is 1.81. The van der Waals surface area contributed by atoms with Crippen LogP contribution in [0.15, 0.2) is 48.1 Å². The summed E-state index contributed by atoms with van der Waals surface area (Å²) in [5.41, 5.74) is 3.49. The third-order valence-corrected chi connectivity index (χ3v) is 5.12. The minimum Gasteiger partial charge on any atom is -0.344 e. The Bertz CT molecular complexity index is 888. The Morgan fingerprint density at radius 1 is 1.12 bits per heavy atom. The van der Waals surface area contributed by atoms with Crippen LogP contribution in [0.2, 0.25) is 0 Å². The molecule has 3 aromatic rings. The first-order valence-corrected chi connectivity index (χ1v) is 8.52. The van der Waals surface area contributed by atoms with Gasteiger partial charge in [-0.15, -0.1) is 11.3 Å². The van der Waals surface area contributed by atoms with Gasteiger partial charge in [-0.3, -0.25) is 0 Å². The van der Waals surface area contributed by atoms with Gasteiger partial charge < -0.3 is 5.32 Å². The summed E-state index contributed by atoms with van der Waals surface area (Å²) in [6.07, 6.45) is 3.56. The number of benzene rings is 1. The molecule has 0 aliphatic rings. The van der Waals surface area contributed by atoms with Gasteiger partial charge in [-0.25, -0.2) is 9.97 Å². The van der Waals surface area contributed by atoms with Gasteiger partial charge in [0.15, 0.2) is 0 Å². The molecule has 0 unspecified atom stereocenters. The lowest BCUT2D eigenvalue weighted by molar-refractivity contribution is 0.615. The van der Waals surface area contributed by atoms with Gasteiger partial charge in [-0.1, -0.05) is 12.1 Å². The molecule has 0 radical (unpaired) electrons. The predicted molar refractivity (Wildman–Crippen MR) is 97.9 cm³/mol. The van der Waals surface area contributed by atoms with E-state index in [9.17, 15) is 0 Å². The van der Waals surface area contributed by atoms with Gasteiger partial charge in [0.05, 0.1) is 17.2 Å². The lowest BCUT2D eigenvalue weighted by Crippen LogP contribution is -2.27. The van der Waals surface area contributed by atoms with Crippen molar-refractivity contribution in [3.63, 3.8) is 0 Å². The van der Waals surface area contributed by atoms with Gasteiger partial charge in [0.2, 0.25) is 5.95 Å². The molecule has 0 saturated heterocycles. The van der Waals surface area contributed by atoms with Crippen molar-refractivity contribution in [2.75, 3.05) is 5.32 Å². The zero-order valence-electron chi connectivity index (χ0n) is 13.9. The molecule has 0 aliphatic heterocycles. The molecule has 0 aliphatic carbocycles. The van der Waals surface area contributed by atoms with E-state index in [2.05, 4.69) is 53.6 Å². The zero-order chi connectivity index (χ0) is 17.2. The summed E-state index contributed by atoms with van der Waals surface area (Å²) < 4.78 is 0. The monoisotopic (exact) mass is 334 g/mol. The second-order valence-corrected chi connectivity index (χ2v) is 7.14. The Morgan fingerprint density at radius 2 is 1.88 bits per heavy atom. The Morgan fingerprint density at radius 3 is 2.50 bits per heavy atom. The highest BCUT2D eigenvalue weighted by Crippen LogP contribution is 2.30. The van der Waals surface area contributed by atoms with Crippen LogP contribution in [0.4, 0.5) is 5.95 Å². The second kappa shape index (κ2) is 6.42. The van der Waals surface area contributed by atoms with Crippen molar-refractivity contribution in [3.8, 4) is 17.2 Å². The maximum atomic E-state index is 9.00. The Hall–Kier alpha value is -2.71. The summed E-state index contributed by atoms with van der Waals surface area (Å²) in [7, 11) is 0. The van der Waals surface area contributed by atoms with Gasteiger partial charge in [0.25, 0.3) is 0 Å². The quantitative estimate of drug-likeness (QED) is 0.749. The topological polar surface area (TPSA) is 61.6 Å². The van der Waals surface area contributed by atoms with Crippen LogP contribution < -0.4 is 5.32 Å². The number of nitrogens with one attached hydrogen (secondary N) is 1. The van der Waals surface area contributed by atoms with Crippen LogP contribution >= 0.6 is 11.3 Å². The lowest BCUT2D eigenvalue weighted by Gasteiger charge is -2.25. The molecule has 0 saturated carbocycles. The number of hydrogen-bond acceptors (Lipinski definition) is 5. The summed E-state index contributed by atoms with van der Waals surface area (Å²) in [6, 6.07) is 11.8. The average molecular weight is 334 g/mol. The molecule has 0 bridgehead atoms. The number of aromatic nitrogens is 2. The van der Waals surface area contributed by atoms with E-state index in [-0.39, 0.29) is 5.54 Å². The lowest BCUT2D eigenvalue weighted by atomic mass is 10.0. The highest BCUT2D eigenvalue weighted by atomic mass is 32.1. The predicted octanol–water partition coefficient (Wildman–Crippen LogP) is 4.73. The molecule has 1 aromatic carbocycles.